The summed E-state index contributed by atoms with van der Waals surface area (Å²) >= 11 is 1.53. The molecule has 1 atom stereocenters. The minimum absolute atomic E-state index is 0.177. The quantitative estimate of drug-likeness (QED) is 0.0824. The van der Waals surface area contributed by atoms with E-state index in [1.807, 2.05) is 54.6 Å². The van der Waals surface area contributed by atoms with E-state index >= 15 is 0 Å². The number of carbonyl (C=O) groups is 3. The number of hydrogen-bond donors (Lipinski definition) is 3. The lowest BCUT2D eigenvalue weighted by Crippen LogP contribution is -2.52. The second kappa shape index (κ2) is 16.0. The second-order valence-electron chi connectivity index (χ2n) is 14.4. The third-order valence-corrected chi connectivity index (χ3v) is 11.9. The average Bonchev–Trinajstić information content (AvgIpc) is 3.70. The first-order valence-electron chi connectivity index (χ1n) is 18.9. The smallest absolute Gasteiger partial charge is 0.255 e. The maximum absolute atomic E-state index is 13.0. The van der Waals surface area contributed by atoms with Gasteiger partial charge in [-0.05, 0) is 147 Å². The molecule has 0 aliphatic carbocycles. The molecule has 4 aromatic carbocycles. The Morgan fingerprint density at radius 2 is 1.51 bits per heavy atom. The van der Waals surface area contributed by atoms with Gasteiger partial charge < -0.3 is 29.3 Å². The number of nitrogens with zero attached hydrogens (tertiary/aromatic N) is 2. The van der Waals surface area contributed by atoms with E-state index in [9.17, 15) is 24.6 Å². The minimum atomic E-state index is -0.619. The maximum Gasteiger partial charge on any atom is 0.255 e. The summed E-state index contributed by atoms with van der Waals surface area (Å²) in [4.78, 5) is 41.8. The van der Waals surface area contributed by atoms with Crippen LogP contribution in [-0.2, 0) is 16.1 Å². The Bertz CT molecular complexity index is 2190. The van der Waals surface area contributed by atoms with Gasteiger partial charge in [0.1, 0.15) is 41.4 Å². The predicted molar refractivity (Wildman–Crippen MR) is 209 cm³/mol. The SMILES string of the molecule is O=C1CCC(N2Cc3cc(OCCCC4CCN(CCOc5ccc(Oc6c(-c7ccc(O)cc7)sc7cc(O)ccc67)cc5)CC4)ccc3C2=O)C(=O)N1. The summed E-state index contributed by atoms with van der Waals surface area (Å²) in [5, 5.41) is 23.1. The van der Waals surface area contributed by atoms with Gasteiger partial charge in [0.2, 0.25) is 11.8 Å². The first-order valence-corrected chi connectivity index (χ1v) is 19.7. The molecule has 3 N–H and O–H groups in total. The van der Waals surface area contributed by atoms with Crippen LogP contribution in [0.2, 0.25) is 0 Å². The predicted octanol–water partition coefficient (Wildman–Crippen LogP) is 7.48. The summed E-state index contributed by atoms with van der Waals surface area (Å²) in [6.07, 6.45) is 4.93. The highest BCUT2D eigenvalue weighted by atomic mass is 32.1. The number of fused-ring (bicyclic) bond motifs is 2. The van der Waals surface area contributed by atoms with Gasteiger partial charge in [-0.15, -0.1) is 11.3 Å². The summed E-state index contributed by atoms with van der Waals surface area (Å²) in [6, 6.07) is 24.8. The van der Waals surface area contributed by atoms with Crippen molar-refractivity contribution in [3.8, 4) is 44.9 Å². The van der Waals surface area contributed by atoms with E-state index in [4.69, 9.17) is 14.2 Å². The first-order chi connectivity index (χ1) is 26.8. The summed E-state index contributed by atoms with van der Waals surface area (Å²) in [5.74, 6) is 3.07. The second-order valence-corrected chi connectivity index (χ2v) is 15.5. The number of likely N-dealkylation sites (tertiary alicyclic amines) is 1. The van der Waals surface area contributed by atoms with Crippen LogP contribution in [0.15, 0.2) is 84.9 Å². The van der Waals surface area contributed by atoms with Crippen molar-refractivity contribution in [2.75, 3.05) is 32.8 Å². The number of thiophene rings is 1. The van der Waals surface area contributed by atoms with Crippen LogP contribution < -0.4 is 19.5 Å². The lowest BCUT2D eigenvalue weighted by Gasteiger charge is -2.31. The zero-order chi connectivity index (χ0) is 37.9. The molecule has 3 aliphatic rings. The third-order valence-electron chi connectivity index (χ3n) is 10.7. The molecule has 0 bridgehead atoms. The summed E-state index contributed by atoms with van der Waals surface area (Å²) < 4.78 is 19.5. The van der Waals surface area contributed by atoms with Crippen molar-refractivity contribution < 1.29 is 38.8 Å². The lowest BCUT2D eigenvalue weighted by molar-refractivity contribution is -0.136. The number of aromatic hydroxyl groups is 2. The Labute approximate surface area is 323 Å². The Morgan fingerprint density at radius 1 is 0.782 bits per heavy atom. The number of rotatable bonds is 13. The molecule has 0 spiro atoms. The van der Waals surface area contributed by atoms with Gasteiger partial charge in [-0.25, -0.2) is 0 Å². The van der Waals surface area contributed by atoms with Crippen molar-refractivity contribution in [2.45, 2.75) is 51.1 Å². The average molecular weight is 762 g/mol. The number of benzene rings is 4. The first kappa shape index (κ1) is 36.4. The lowest BCUT2D eigenvalue weighted by atomic mass is 9.92. The molecule has 2 fully saturated rings. The molecule has 1 aromatic heterocycles. The molecule has 12 heteroatoms. The van der Waals surface area contributed by atoms with Crippen molar-refractivity contribution in [1.29, 1.82) is 0 Å². The molecule has 1 unspecified atom stereocenters. The number of ether oxygens (including phenoxy) is 3. The number of nitrogens with one attached hydrogen (secondary N) is 1. The molecule has 5 aromatic rings. The van der Waals surface area contributed by atoms with Crippen molar-refractivity contribution in [3.05, 3.63) is 96.1 Å². The molecule has 0 saturated carbocycles. The fraction of sp³-hybridized carbons (Fsp3) is 0.326. The Kier molecular flexibility index (Phi) is 10.6. The van der Waals surface area contributed by atoms with Crippen molar-refractivity contribution in [2.24, 2.45) is 5.92 Å². The Balaban J connectivity index is 0.750. The van der Waals surface area contributed by atoms with Gasteiger partial charge in [0.05, 0.1) is 11.5 Å². The van der Waals surface area contributed by atoms with Crippen LogP contribution in [0.25, 0.3) is 20.5 Å². The fourth-order valence-corrected chi connectivity index (χ4v) is 8.85. The highest BCUT2D eigenvalue weighted by Crippen LogP contribution is 2.47. The van der Waals surface area contributed by atoms with Gasteiger partial charge >= 0.3 is 0 Å². The van der Waals surface area contributed by atoms with Crippen LogP contribution in [0.3, 0.4) is 0 Å². The molecular formula is C43H43N3O8S. The van der Waals surface area contributed by atoms with Gasteiger partial charge in [-0.3, -0.25) is 24.6 Å². The zero-order valence-electron chi connectivity index (χ0n) is 30.4. The molecule has 3 amide bonds. The summed E-state index contributed by atoms with van der Waals surface area (Å²) in [7, 11) is 0. The molecular weight excluding hydrogens is 719 g/mol. The standard InChI is InChI=1S/C43H43N3O8S/c47-30-5-3-28(4-6-30)41-40(36-13-7-31(48)25-38(36)55-41)54-33-10-8-32(9-11-33)53-23-21-45-19-17-27(18-20-45)2-1-22-52-34-12-14-35-29(24-34)26-46(43(35)51)37-15-16-39(49)44-42(37)50/h3-14,24-25,27,37,47-48H,1-2,15-23,26H2,(H,44,49,50). The normalized spacial score (nSPS) is 17.7. The van der Waals surface area contributed by atoms with Crippen LogP contribution in [0, 0.1) is 5.92 Å². The largest absolute Gasteiger partial charge is 0.508 e. The van der Waals surface area contributed by atoms with Crippen molar-refractivity contribution in [3.63, 3.8) is 0 Å². The van der Waals surface area contributed by atoms with Gasteiger partial charge in [-0.1, -0.05) is 0 Å². The number of piperidine rings is 2. The molecule has 3 aliphatic heterocycles. The Morgan fingerprint density at radius 3 is 2.29 bits per heavy atom. The maximum atomic E-state index is 13.0. The van der Waals surface area contributed by atoms with Crippen molar-refractivity contribution >= 4 is 39.1 Å². The highest BCUT2D eigenvalue weighted by molar-refractivity contribution is 7.22. The third kappa shape index (κ3) is 8.25. The van der Waals surface area contributed by atoms with E-state index in [0.717, 1.165) is 82.9 Å². The van der Waals surface area contributed by atoms with E-state index < -0.39 is 11.9 Å². The fourth-order valence-electron chi connectivity index (χ4n) is 7.68. The van der Waals surface area contributed by atoms with Crippen LogP contribution >= 0.6 is 11.3 Å². The molecule has 0 radical (unpaired) electrons. The topological polar surface area (TPSA) is 138 Å². The summed E-state index contributed by atoms with van der Waals surface area (Å²) in [6.45, 7) is 4.49. The van der Waals surface area contributed by atoms with Gasteiger partial charge in [0, 0.05) is 35.2 Å². The molecule has 11 nitrogen and oxygen atoms in total. The molecule has 8 rings (SSSR count). The van der Waals surface area contributed by atoms with Crippen LogP contribution in [0.1, 0.15) is 54.4 Å². The molecule has 55 heavy (non-hydrogen) atoms. The number of amides is 3. The van der Waals surface area contributed by atoms with E-state index in [1.54, 1.807) is 35.2 Å². The van der Waals surface area contributed by atoms with E-state index in [-0.39, 0.29) is 29.7 Å². The number of hydrogen-bond acceptors (Lipinski definition) is 10. The van der Waals surface area contributed by atoms with Crippen molar-refractivity contribution in [1.82, 2.24) is 15.1 Å². The van der Waals surface area contributed by atoms with Gasteiger partial charge in [0.15, 0.2) is 5.75 Å². The minimum Gasteiger partial charge on any atom is -0.508 e. The zero-order valence-corrected chi connectivity index (χ0v) is 31.2. The highest BCUT2D eigenvalue weighted by Gasteiger charge is 2.39. The number of imide groups is 1. The van der Waals surface area contributed by atoms with E-state index in [1.165, 1.54) is 11.3 Å². The molecule has 4 heterocycles. The Hall–Kier alpha value is -5.59. The van der Waals surface area contributed by atoms with Gasteiger partial charge in [-0.2, -0.15) is 0 Å². The number of phenols is 2. The van der Waals surface area contributed by atoms with E-state index in [2.05, 4.69) is 10.2 Å². The number of carbonyl (C=O) groups excluding carboxylic acids is 3. The molecule has 2 saturated heterocycles. The van der Waals surface area contributed by atoms with Crippen LogP contribution in [-0.4, -0.2) is 76.6 Å². The van der Waals surface area contributed by atoms with E-state index in [0.29, 0.717) is 49.2 Å². The van der Waals surface area contributed by atoms with Gasteiger partial charge in [0.25, 0.3) is 5.91 Å². The monoisotopic (exact) mass is 761 g/mol. The van der Waals surface area contributed by atoms with Crippen LogP contribution in [0.5, 0.6) is 34.5 Å². The number of phenolic OH excluding ortho intramolecular Hbond substituents is 2. The summed E-state index contributed by atoms with van der Waals surface area (Å²) in [5.41, 5.74) is 2.36. The van der Waals surface area contributed by atoms with Crippen LogP contribution in [0.4, 0.5) is 0 Å². The molecule has 284 valence electrons.